The monoisotopic (exact) mass is 413 g/mol. The Morgan fingerprint density at radius 2 is 2.07 bits per heavy atom. The molecule has 0 unspecified atom stereocenters. The highest BCUT2D eigenvalue weighted by molar-refractivity contribution is 6.05. The van der Waals surface area contributed by atoms with Gasteiger partial charge in [0.2, 0.25) is 0 Å². The number of hydrogen-bond acceptors (Lipinski definition) is 5. The Labute approximate surface area is 172 Å². The molecule has 1 saturated carbocycles. The number of ether oxygens (including phenoxy) is 1. The molecular formula is C21H24FN5O3. The number of halogens is 1. The van der Waals surface area contributed by atoms with Gasteiger partial charge in [0, 0.05) is 12.1 Å². The number of nitrogens with two attached hydrogens (primary N) is 1. The van der Waals surface area contributed by atoms with E-state index in [1.165, 1.54) is 30.5 Å². The first kappa shape index (κ1) is 19.0. The summed E-state index contributed by atoms with van der Waals surface area (Å²) in [4.78, 5) is 30.4. The lowest BCUT2D eigenvalue weighted by Crippen LogP contribution is -2.48. The molecule has 1 aliphatic carbocycles. The minimum atomic E-state index is -0.844. The van der Waals surface area contributed by atoms with Gasteiger partial charge in [0.1, 0.15) is 22.4 Å². The lowest BCUT2D eigenvalue weighted by Gasteiger charge is -2.39. The van der Waals surface area contributed by atoms with Crippen LogP contribution in [0, 0.1) is 11.7 Å². The number of methoxy groups -OCH3 is 1. The predicted molar refractivity (Wildman–Crippen MR) is 108 cm³/mol. The van der Waals surface area contributed by atoms with Crippen molar-refractivity contribution in [3.8, 4) is 0 Å². The topological polar surface area (TPSA) is 106 Å². The van der Waals surface area contributed by atoms with Crippen molar-refractivity contribution >= 4 is 28.6 Å². The molecule has 3 N–H and O–H groups in total. The number of carbonyl (C=O) groups is 2. The second-order valence-electron chi connectivity index (χ2n) is 8.48. The molecular weight excluding hydrogens is 389 g/mol. The summed E-state index contributed by atoms with van der Waals surface area (Å²) < 4.78 is 20.8. The number of esters is 1. The second-order valence-corrected chi connectivity index (χ2v) is 8.48. The van der Waals surface area contributed by atoms with E-state index in [-0.39, 0.29) is 11.5 Å². The Morgan fingerprint density at radius 3 is 2.70 bits per heavy atom. The number of benzene rings is 1. The van der Waals surface area contributed by atoms with E-state index in [1.54, 1.807) is 6.20 Å². The standard InChI is InChI=1S/C21H24FN5O3/c1-30-20(29)21(4-6-26(7-5-21)11-12-2-3-12)15-10-24-27-17-14(18(23)28)8-13(22)9-16(17)25-19(15)27/h8-10,12,25H,2-7,11H2,1H3,(H2,23,28). The van der Waals surface area contributed by atoms with Crippen molar-refractivity contribution in [1.82, 2.24) is 19.5 Å². The maximum Gasteiger partial charge on any atom is 0.316 e. The Kier molecular flexibility index (Phi) is 4.32. The molecule has 3 aromatic rings. The van der Waals surface area contributed by atoms with E-state index in [4.69, 9.17) is 10.5 Å². The van der Waals surface area contributed by atoms with E-state index in [9.17, 15) is 14.0 Å². The molecule has 0 radical (unpaired) electrons. The predicted octanol–water partition coefficient (Wildman–Crippen LogP) is 1.97. The SMILES string of the molecule is COC(=O)C1(c2cnn3c2[nH]c2cc(F)cc(C(N)=O)c23)CCN(CC2CC2)CC1. The number of amides is 1. The van der Waals surface area contributed by atoms with Gasteiger partial charge in [-0.25, -0.2) is 8.91 Å². The largest absolute Gasteiger partial charge is 0.468 e. The summed E-state index contributed by atoms with van der Waals surface area (Å²) in [7, 11) is 1.40. The van der Waals surface area contributed by atoms with Crippen molar-refractivity contribution in [2.75, 3.05) is 26.7 Å². The van der Waals surface area contributed by atoms with Gasteiger partial charge < -0.3 is 20.4 Å². The molecule has 9 heteroatoms. The molecule has 1 aromatic carbocycles. The maximum absolute atomic E-state index is 14.0. The molecule has 0 atom stereocenters. The smallest absolute Gasteiger partial charge is 0.316 e. The summed E-state index contributed by atoms with van der Waals surface area (Å²) in [5, 5.41) is 4.43. The number of aromatic amines is 1. The second kappa shape index (κ2) is 6.80. The van der Waals surface area contributed by atoms with Crippen molar-refractivity contribution < 1.29 is 18.7 Å². The van der Waals surface area contributed by atoms with Crippen molar-refractivity contribution in [1.29, 1.82) is 0 Å². The first-order chi connectivity index (χ1) is 14.4. The van der Waals surface area contributed by atoms with Crippen LogP contribution in [0.3, 0.4) is 0 Å². The van der Waals surface area contributed by atoms with Crippen LogP contribution in [0.1, 0.15) is 41.6 Å². The molecule has 1 saturated heterocycles. The average Bonchev–Trinajstić information content (AvgIpc) is 3.33. The normalized spacial score (nSPS) is 19.4. The summed E-state index contributed by atoms with van der Waals surface area (Å²) >= 11 is 0. The first-order valence-electron chi connectivity index (χ1n) is 10.2. The van der Waals surface area contributed by atoms with Crippen LogP contribution in [0.4, 0.5) is 4.39 Å². The van der Waals surface area contributed by atoms with Crippen molar-refractivity contribution in [2.24, 2.45) is 11.7 Å². The highest BCUT2D eigenvalue weighted by Gasteiger charge is 2.47. The van der Waals surface area contributed by atoms with Gasteiger partial charge in [-0.15, -0.1) is 0 Å². The quantitative estimate of drug-likeness (QED) is 0.622. The molecule has 1 aliphatic heterocycles. The van der Waals surface area contributed by atoms with E-state index in [0.29, 0.717) is 35.1 Å². The summed E-state index contributed by atoms with van der Waals surface area (Å²) in [5.41, 5.74) is 6.72. The summed E-state index contributed by atoms with van der Waals surface area (Å²) in [6.45, 7) is 2.67. The maximum atomic E-state index is 14.0. The fourth-order valence-electron chi connectivity index (χ4n) is 4.79. The molecule has 2 aliphatic rings. The summed E-state index contributed by atoms with van der Waals surface area (Å²) in [6, 6.07) is 2.40. The van der Waals surface area contributed by atoms with Gasteiger partial charge in [-0.1, -0.05) is 0 Å². The van der Waals surface area contributed by atoms with Crippen molar-refractivity contribution in [2.45, 2.75) is 31.1 Å². The number of H-pyrrole nitrogens is 1. The van der Waals surface area contributed by atoms with Crippen LogP contribution >= 0.6 is 0 Å². The van der Waals surface area contributed by atoms with Crippen LogP contribution in [-0.2, 0) is 14.9 Å². The van der Waals surface area contributed by atoms with Crippen molar-refractivity contribution in [3.63, 3.8) is 0 Å². The summed E-state index contributed by atoms with van der Waals surface area (Å²) in [5.74, 6) is -0.829. The van der Waals surface area contributed by atoms with Crippen LogP contribution in [0.2, 0.25) is 0 Å². The van der Waals surface area contributed by atoms with Crippen LogP contribution in [0.25, 0.3) is 16.7 Å². The molecule has 2 aromatic heterocycles. The molecule has 158 valence electrons. The molecule has 5 rings (SSSR count). The molecule has 8 nitrogen and oxygen atoms in total. The highest BCUT2D eigenvalue weighted by Crippen LogP contribution is 2.41. The Bertz CT molecular complexity index is 1150. The number of carbonyl (C=O) groups excluding carboxylic acids is 2. The highest BCUT2D eigenvalue weighted by atomic mass is 19.1. The lowest BCUT2D eigenvalue weighted by atomic mass is 9.73. The molecule has 1 amide bonds. The minimum Gasteiger partial charge on any atom is -0.468 e. The minimum absolute atomic E-state index is 0.0391. The molecule has 0 bridgehead atoms. The number of imidazole rings is 1. The van der Waals surface area contributed by atoms with E-state index in [2.05, 4.69) is 15.0 Å². The zero-order valence-corrected chi connectivity index (χ0v) is 16.8. The summed E-state index contributed by atoms with van der Waals surface area (Å²) in [6.07, 6.45) is 5.44. The lowest BCUT2D eigenvalue weighted by molar-refractivity contribution is -0.149. The number of piperidine rings is 1. The van der Waals surface area contributed by atoms with E-state index in [1.807, 2.05) is 0 Å². The molecule has 3 heterocycles. The number of nitrogens with zero attached hydrogens (tertiary/aromatic N) is 3. The van der Waals surface area contributed by atoms with E-state index >= 15 is 0 Å². The number of nitrogens with one attached hydrogen (secondary N) is 1. The first-order valence-corrected chi connectivity index (χ1v) is 10.2. The Morgan fingerprint density at radius 1 is 1.33 bits per heavy atom. The zero-order chi connectivity index (χ0) is 21.0. The molecule has 30 heavy (non-hydrogen) atoms. The number of rotatable bonds is 5. The Balaban J connectivity index is 1.61. The van der Waals surface area contributed by atoms with Crippen LogP contribution in [0.5, 0.6) is 0 Å². The fraction of sp³-hybridized carbons (Fsp3) is 0.476. The third kappa shape index (κ3) is 2.87. The number of hydrogen-bond donors (Lipinski definition) is 2. The van der Waals surface area contributed by atoms with Gasteiger partial charge in [-0.2, -0.15) is 5.10 Å². The zero-order valence-electron chi connectivity index (χ0n) is 16.8. The van der Waals surface area contributed by atoms with Gasteiger partial charge in [0.15, 0.2) is 0 Å². The third-order valence-corrected chi connectivity index (χ3v) is 6.59. The van der Waals surface area contributed by atoms with Crippen LogP contribution in [0.15, 0.2) is 18.3 Å². The van der Waals surface area contributed by atoms with Gasteiger partial charge in [0.05, 0.1) is 24.4 Å². The third-order valence-electron chi connectivity index (χ3n) is 6.59. The number of primary amides is 1. The Hall–Kier alpha value is -2.94. The molecule has 0 spiro atoms. The van der Waals surface area contributed by atoms with Gasteiger partial charge in [-0.3, -0.25) is 9.59 Å². The van der Waals surface area contributed by atoms with E-state index in [0.717, 1.165) is 31.6 Å². The average molecular weight is 413 g/mol. The number of fused-ring (bicyclic) bond motifs is 3. The number of aromatic nitrogens is 3. The van der Waals surface area contributed by atoms with Crippen LogP contribution in [-0.4, -0.2) is 58.1 Å². The van der Waals surface area contributed by atoms with Gasteiger partial charge in [-0.05, 0) is 56.8 Å². The van der Waals surface area contributed by atoms with Gasteiger partial charge in [0.25, 0.3) is 5.91 Å². The van der Waals surface area contributed by atoms with E-state index < -0.39 is 17.1 Å². The molecule has 2 fully saturated rings. The van der Waals surface area contributed by atoms with Crippen molar-refractivity contribution in [3.05, 3.63) is 35.3 Å². The van der Waals surface area contributed by atoms with Crippen LogP contribution < -0.4 is 5.73 Å². The number of likely N-dealkylation sites (tertiary alicyclic amines) is 1. The van der Waals surface area contributed by atoms with Gasteiger partial charge >= 0.3 is 5.97 Å². The fourth-order valence-corrected chi connectivity index (χ4v) is 4.79.